The zero-order chi connectivity index (χ0) is 16.9. The largest absolute Gasteiger partial charge is 0.486 e. The quantitative estimate of drug-likeness (QED) is 0.709. The smallest absolute Gasteiger partial charge is 0.371 e. The summed E-state index contributed by atoms with van der Waals surface area (Å²) >= 11 is 0. The van der Waals surface area contributed by atoms with Gasteiger partial charge in [0.25, 0.3) is 0 Å². The van der Waals surface area contributed by atoms with E-state index >= 15 is 0 Å². The molecule has 3 rings (SSSR count). The predicted molar refractivity (Wildman–Crippen MR) is 91.4 cm³/mol. The molecule has 0 saturated carbocycles. The van der Waals surface area contributed by atoms with Crippen LogP contribution in [-0.4, -0.2) is 18.1 Å². The zero-order valence-electron chi connectivity index (χ0n) is 13.2. The third-order valence-electron chi connectivity index (χ3n) is 3.62. The van der Waals surface area contributed by atoms with Crippen molar-refractivity contribution in [2.24, 2.45) is 0 Å². The number of nitrogens with one attached hydrogen (secondary N) is 1. The summed E-state index contributed by atoms with van der Waals surface area (Å²) in [5.74, 6) is -0.0209. The first kappa shape index (κ1) is 15.7. The second kappa shape index (κ2) is 6.91. The highest BCUT2D eigenvalue weighted by molar-refractivity contribution is 5.84. The first-order valence-corrected chi connectivity index (χ1v) is 7.49. The highest BCUT2D eigenvalue weighted by Gasteiger charge is 2.09. The molecule has 1 aromatic heterocycles. The molecule has 0 unspecified atom stereocenters. The lowest BCUT2D eigenvalue weighted by molar-refractivity contribution is 0.0658. The van der Waals surface area contributed by atoms with Gasteiger partial charge in [-0.25, -0.2) is 4.79 Å². The van der Waals surface area contributed by atoms with Crippen LogP contribution < -0.4 is 10.1 Å². The summed E-state index contributed by atoms with van der Waals surface area (Å²) < 4.78 is 10.8. The van der Waals surface area contributed by atoms with Crippen molar-refractivity contribution in [2.75, 3.05) is 12.4 Å². The van der Waals surface area contributed by atoms with E-state index in [9.17, 15) is 4.79 Å². The summed E-state index contributed by atoms with van der Waals surface area (Å²) in [4.78, 5) is 10.8. The molecular formula is C19H17NO4. The van der Waals surface area contributed by atoms with Crippen molar-refractivity contribution in [3.8, 4) is 16.9 Å². The third kappa shape index (κ3) is 3.41. The van der Waals surface area contributed by atoms with Gasteiger partial charge in [-0.2, -0.15) is 0 Å². The van der Waals surface area contributed by atoms with Gasteiger partial charge in [-0.1, -0.05) is 30.3 Å². The van der Waals surface area contributed by atoms with Crippen LogP contribution >= 0.6 is 0 Å². The number of carboxylic acids is 1. The van der Waals surface area contributed by atoms with Crippen molar-refractivity contribution >= 4 is 11.7 Å². The average molecular weight is 323 g/mol. The lowest BCUT2D eigenvalue weighted by Gasteiger charge is -2.10. The van der Waals surface area contributed by atoms with Gasteiger partial charge in [0, 0.05) is 18.3 Å². The summed E-state index contributed by atoms with van der Waals surface area (Å²) in [7, 11) is 1.89. The van der Waals surface area contributed by atoms with Gasteiger partial charge in [-0.3, -0.25) is 0 Å². The molecule has 0 amide bonds. The minimum Gasteiger partial charge on any atom is -0.486 e. The molecular weight excluding hydrogens is 306 g/mol. The Kier molecular flexibility index (Phi) is 4.52. The molecule has 0 atom stereocenters. The molecule has 0 radical (unpaired) electrons. The summed E-state index contributed by atoms with van der Waals surface area (Å²) in [6, 6.07) is 18.8. The van der Waals surface area contributed by atoms with Gasteiger partial charge in [0.15, 0.2) is 0 Å². The number of anilines is 1. The third-order valence-corrected chi connectivity index (χ3v) is 3.62. The molecule has 24 heavy (non-hydrogen) atoms. The van der Waals surface area contributed by atoms with Gasteiger partial charge < -0.3 is 19.6 Å². The molecule has 3 aromatic rings. The maximum atomic E-state index is 10.8. The minimum atomic E-state index is -1.09. The summed E-state index contributed by atoms with van der Waals surface area (Å²) in [6.07, 6.45) is 0. The van der Waals surface area contributed by atoms with Crippen molar-refractivity contribution in [3.63, 3.8) is 0 Å². The standard InChI is InChI=1S/C19H17NO4/c1-20-17-5-3-2-4-16(17)13-6-8-14(9-7-13)23-12-15-10-11-18(24-15)19(21)22/h2-11,20H,12H2,1H3,(H,21,22). The Balaban J connectivity index is 1.69. The van der Waals surface area contributed by atoms with Gasteiger partial charge in [0.05, 0.1) is 0 Å². The van der Waals surface area contributed by atoms with Crippen LogP contribution in [0.1, 0.15) is 16.3 Å². The zero-order valence-corrected chi connectivity index (χ0v) is 13.2. The van der Waals surface area contributed by atoms with Crippen molar-refractivity contribution < 1.29 is 19.1 Å². The number of carbonyl (C=O) groups is 1. The molecule has 0 saturated heterocycles. The van der Waals surface area contributed by atoms with E-state index in [0.29, 0.717) is 11.5 Å². The number of rotatable bonds is 6. The number of hydrogen-bond acceptors (Lipinski definition) is 4. The van der Waals surface area contributed by atoms with Crippen molar-refractivity contribution in [1.82, 2.24) is 0 Å². The normalized spacial score (nSPS) is 10.4. The molecule has 122 valence electrons. The Morgan fingerprint density at radius 3 is 2.50 bits per heavy atom. The monoisotopic (exact) mass is 323 g/mol. The molecule has 1 heterocycles. The van der Waals surface area contributed by atoms with Gasteiger partial charge >= 0.3 is 5.97 Å². The van der Waals surface area contributed by atoms with Crippen LogP contribution in [0.2, 0.25) is 0 Å². The number of hydrogen-bond donors (Lipinski definition) is 2. The number of para-hydroxylation sites is 1. The maximum absolute atomic E-state index is 10.8. The topological polar surface area (TPSA) is 71.7 Å². The fraction of sp³-hybridized carbons (Fsp3) is 0.105. The highest BCUT2D eigenvalue weighted by Crippen LogP contribution is 2.29. The molecule has 0 aliphatic rings. The van der Waals surface area contributed by atoms with E-state index in [2.05, 4.69) is 11.4 Å². The van der Waals surface area contributed by atoms with Crippen LogP contribution in [0.15, 0.2) is 65.1 Å². The van der Waals surface area contributed by atoms with Gasteiger partial charge in [0.2, 0.25) is 5.76 Å². The molecule has 2 N–H and O–H groups in total. The molecule has 5 nitrogen and oxygen atoms in total. The number of benzene rings is 2. The molecule has 0 bridgehead atoms. The Bertz CT molecular complexity index is 837. The summed E-state index contributed by atoms with van der Waals surface area (Å²) in [5, 5.41) is 12.0. The van der Waals surface area contributed by atoms with E-state index in [1.807, 2.05) is 49.5 Å². The summed E-state index contributed by atoms with van der Waals surface area (Å²) in [6.45, 7) is 0.180. The Morgan fingerprint density at radius 2 is 1.83 bits per heavy atom. The van der Waals surface area contributed by atoms with Crippen molar-refractivity contribution in [3.05, 3.63) is 72.2 Å². The first-order valence-electron chi connectivity index (χ1n) is 7.49. The lowest BCUT2D eigenvalue weighted by Crippen LogP contribution is -1.95. The molecule has 5 heteroatoms. The van der Waals surface area contributed by atoms with Gasteiger partial charge in [0.1, 0.15) is 18.1 Å². The van der Waals surface area contributed by atoms with E-state index in [1.54, 1.807) is 6.07 Å². The fourth-order valence-electron chi connectivity index (χ4n) is 2.41. The molecule has 2 aromatic carbocycles. The number of furan rings is 1. The average Bonchev–Trinajstić information content (AvgIpc) is 3.10. The Morgan fingerprint density at radius 1 is 1.08 bits per heavy atom. The number of carboxylic acid groups (broad SMARTS) is 1. The molecule has 0 fully saturated rings. The van der Waals surface area contributed by atoms with E-state index < -0.39 is 5.97 Å². The van der Waals surface area contributed by atoms with Crippen LogP contribution in [0.3, 0.4) is 0 Å². The van der Waals surface area contributed by atoms with Crippen LogP contribution in [0.4, 0.5) is 5.69 Å². The predicted octanol–water partition coefficient (Wildman–Crippen LogP) is 4.27. The van der Waals surface area contributed by atoms with Crippen molar-refractivity contribution in [1.29, 1.82) is 0 Å². The Hall–Kier alpha value is -3.21. The molecule has 0 spiro atoms. The van der Waals surface area contributed by atoms with Gasteiger partial charge in [-0.05, 0) is 35.9 Å². The second-order valence-corrected chi connectivity index (χ2v) is 5.18. The summed E-state index contributed by atoms with van der Waals surface area (Å²) in [5.41, 5.74) is 3.25. The van der Waals surface area contributed by atoms with Crippen LogP contribution in [0, 0.1) is 0 Å². The number of ether oxygens (including phenoxy) is 1. The fourth-order valence-corrected chi connectivity index (χ4v) is 2.41. The number of aromatic carboxylic acids is 1. The molecule has 0 aliphatic heterocycles. The van der Waals surface area contributed by atoms with E-state index in [-0.39, 0.29) is 12.4 Å². The highest BCUT2D eigenvalue weighted by atomic mass is 16.5. The van der Waals surface area contributed by atoms with Crippen LogP contribution in [0.25, 0.3) is 11.1 Å². The lowest BCUT2D eigenvalue weighted by atomic mass is 10.0. The van der Waals surface area contributed by atoms with Crippen LogP contribution in [-0.2, 0) is 6.61 Å². The van der Waals surface area contributed by atoms with Gasteiger partial charge in [-0.15, -0.1) is 0 Å². The molecule has 0 aliphatic carbocycles. The minimum absolute atomic E-state index is 0.0902. The van der Waals surface area contributed by atoms with E-state index in [4.69, 9.17) is 14.3 Å². The second-order valence-electron chi connectivity index (χ2n) is 5.18. The Labute approximate surface area is 139 Å². The maximum Gasteiger partial charge on any atom is 0.371 e. The first-order chi connectivity index (χ1) is 11.7. The van der Waals surface area contributed by atoms with Crippen LogP contribution in [0.5, 0.6) is 5.75 Å². The van der Waals surface area contributed by atoms with E-state index in [1.165, 1.54) is 6.07 Å². The van der Waals surface area contributed by atoms with Crippen molar-refractivity contribution in [2.45, 2.75) is 6.61 Å². The SMILES string of the molecule is CNc1ccccc1-c1ccc(OCc2ccc(C(=O)O)o2)cc1. The van der Waals surface area contributed by atoms with E-state index in [0.717, 1.165) is 16.8 Å².